The Morgan fingerprint density at radius 2 is 1.92 bits per heavy atom. The number of carboxylic acids is 1. The quantitative estimate of drug-likeness (QED) is 0.892. The highest BCUT2D eigenvalue weighted by Gasteiger charge is 2.45. The van der Waals surface area contributed by atoms with Crippen molar-refractivity contribution < 1.29 is 14.7 Å². The number of carbonyl (C=O) groups is 2. The maximum Gasteiger partial charge on any atom is 0.304 e. The van der Waals surface area contributed by atoms with Crippen LogP contribution in [-0.4, -0.2) is 59.5 Å². The molecule has 0 saturated carbocycles. The summed E-state index contributed by atoms with van der Waals surface area (Å²) in [5.74, 6) is -0.516. The van der Waals surface area contributed by atoms with E-state index in [1.165, 1.54) is 0 Å². The molecule has 1 aromatic carbocycles. The molecule has 2 fully saturated rings. The van der Waals surface area contributed by atoms with Gasteiger partial charge in [-0.2, -0.15) is 0 Å². The SMILES string of the molecule is CCN1CC2(CCN(CCC(=O)O)CC2)CC(c2ccccc2)C1=O. The number of piperidine rings is 2. The first-order chi connectivity index (χ1) is 12.0. The monoisotopic (exact) mass is 344 g/mol. The summed E-state index contributed by atoms with van der Waals surface area (Å²) in [5.41, 5.74) is 1.29. The molecule has 1 aromatic rings. The Hall–Kier alpha value is -1.88. The topological polar surface area (TPSA) is 60.9 Å². The van der Waals surface area contributed by atoms with Crippen molar-refractivity contribution in [2.75, 3.05) is 32.7 Å². The van der Waals surface area contributed by atoms with Crippen molar-refractivity contribution in [1.82, 2.24) is 9.80 Å². The molecule has 2 aliphatic rings. The van der Waals surface area contributed by atoms with Crippen LogP contribution in [0, 0.1) is 5.41 Å². The Labute approximate surface area is 149 Å². The molecule has 1 atom stereocenters. The van der Waals surface area contributed by atoms with Crippen LogP contribution in [0.5, 0.6) is 0 Å². The number of likely N-dealkylation sites (N-methyl/N-ethyl adjacent to an activating group) is 1. The Morgan fingerprint density at radius 3 is 2.52 bits per heavy atom. The van der Waals surface area contributed by atoms with Crippen LogP contribution in [0.2, 0.25) is 0 Å². The molecule has 5 nitrogen and oxygen atoms in total. The van der Waals surface area contributed by atoms with E-state index in [1.54, 1.807) is 0 Å². The summed E-state index contributed by atoms with van der Waals surface area (Å²) in [5, 5.41) is 8.87. The first kappa shape index (κ1) is 17.9. The maximum atomic E-state index is 12.9. The van der Waals surface area contributed by atoms with Gasteiger partial charge in [0.05, 0.1) is 12.3 Å². The van der Waals surface area contributed by atoms with Gasteiger partial charge in [-0.05, 0) is 50.3 Å². The molecule has 25 heavy (non-hydrogen) atoms. The van der Waals surface area contributed by atoms with E-state index in [1.807, 2.05) is 23.1 Å². The second-order valence-corrected chi connectivity index (χ2v) is 7.51. The van der Waals surface area contributed by atoms with Crippen molar-refractivity contribution in [3.05, 3.63) is 35.9 Å². The van der Waals surface area contributed by atoms with Crippen LogP contribution < -0.4 is 0 Å². The van der Waals surface area contributed by atoms with Gasteiger partial charge in [-0.25, -0.2) is 0 Å². The fraction of sp³-hybridized carbons (Fsp3) is 0.600. The molecule has 136 valence electrons. The Morgan fingerprint density at radius 1 is 1.24 bits per heavy atom. The lowest BCUT2D eigenvalue weighted by Gasteiger charge is -2.49. The number of aliphatic carboxylic acids is 1. The molecule has 1 N–H and O–H groups in total. The van der Waals surface area contributed by atoms with Gasteiger partial charge in [-0.1, -0.05) is 30.3 Å². The van der Waals surface area contributed by atoms with Gasteiger partial charge in [0, 0.05) is 19.6 Å². The number of carboxylic acid groups (broad SMARTS) is 1. The van der Waals surface area contributed by atoms with Crippen molar-refractivity contribution in [2.45, 2.75) is 38.5 Å². The largest absolute Gasteiger partial charge is 0.481 e. The minimum absolute atomic E-state index is 0.0412. The Kier molecular flexibility index (Phi) is 5.42. The van der Waals surface area contributed by atoms with Gasteiger partial charge in [0.2, 0.25) is 5.91 Å². The summed E-state index contributed by atoms with van der Waals surface area (Å²) < 4.78 is 0. The summed E-state index contributed by atoms with van der Waals surface area (Å²) in [7, 11) is 0. The molecule has 0 aliphatic carbocycles. The number of rotatable bonds is 5. The number of amides is 1. The molecule has 2 heterocycles. The van der Waals surface area contributed by atoms with Crippen LogP contribution >= 0.6 is 0 Å². The summed E-state index contributed by atoms with van der Waals surface area (Å²) in [6.07, 6.45) is 3.21. The minimum Gasteiger partial charge on any atom is -0.481 e. The van der Waals surface area contributed by atoms with Gasteiger partial charge < -0.3 is 14.9 Å². The van der Waals surface area contributed by atoms with Crippen molar-refractivity contribution in [2.24, 2.45) is 5.41 Å². The average molecular weight is 344 g/mol. The van der Waals surface area contributed by atoms with Gasteiger partial charge >= 0.3 is 5.97 Å². The van der Waals surface area contributed by atoms with Gasteiger partial charge in [0.15, 0.2) is 0 Å². The van der Waals surface area contributed by atoms with E-state index in [2.05, 4.69) is 24.0 Å². The van der Waals surface area contributed by atoms with Crippen LogP contribution in [0.1, 0.15) is 44.1 Å². The third-order valence-electron chi connectivity index (χ3n) is 5.92. The molecular weight excluding hydrogens is 316 g/mol. The zero-order valence-electron chi connectivity index (χ0n) is 15.0. The summed E-state index contributed by atoms with van der Waals surface area (Å²) >= 11 is 0. The third-order valence-corrected chi connectivity index (χ3v) is 5.92. The molecule has 3 rings (SSSR count). The summed E-state index contributed by atoms with van der Waals surface area (Å²) in [6.45, 7) is 6.15. The van der Waals surface area contributed by atoms with Crippen molar-refractivity contribution in [3.63, 3.8) is 0 Å². The smallest absolute Gasteiger partial charge is 0.304 e. The minimum atomic E-state index is -0.732. The maximum absolute atomic E-state index is 12.9. The lowest BCUT2D eigenvalue weighted by molar-refractivity contribution is -0.142. The molecule has 0 radical (unpaired) electrons. The van der Waals surface area contributed by atoms with E-state index in [9.17, 15) is 9.59 Å². The van der Waals surface area contributed by atoms with E-state index < -0.39 is 5.97 Å². The molecule has 1 unspecified atom stereocenters. The van der Waals surface area contributed by atoms with E-state index in [0.717, 1.165) is 51.0 Å². The van der Waals surface area contributed by atoms with E-state index in [4.69, 9.17) is 5.11 Å². The zero-order valence-corrected chi connectivity index (χ0v) is 15.0. The standard InChI is InChI=1S/C20H28N2O3/c1-2-22-15-20(9-12-21(13-10-20)11-8-18(23)24)14-17(19(22)25)16-6-4-3-5-7-16/h3-7,17H,2,8-15H2,1H3,(H,23,24). The second-order valence-electron chi connectivity index (χ2n) is 7.51. The van der Waals surface area contributed by atoms with E-state index in [0.29, 0.717) is 6.54 Å². The van der Waals surface area contributed by atoms with Crippen LogP contribution in [0.3, 0.4) is 0 Å². The summed E-state index contributed by atoms with van der Waals surface area (Å²) in [4.78, 5) is 27.9. The normalized spacial score (nSPS) is 23.8. The van der Waals surface area contributed by atoms with Crippen LogP contribution in [0.4, 0.5) is 0 Å². The van der Waals surface area contributed by atoms with Crippen molar-refractivity contribution in [1.29, 1.82) is 0 Å². The Balaban J connectivity index is 1.71. The fourth-order valence-electron chi connectivity index (χ4n) is 4.37. The molecule has 0 bridgehead atoms. The highest BCUT2D eigenvalue weighted by atomic mass is 16.4. The molecule has 2 saturated heterocycles. The molecule has 0 aromatic heterocycles. The third kappa shape index (κ3) is 4.03. The highest BCUT2D eigenvalue weighted by molar-refractivity contribution is 5.84. The summed E-state index contributed by atoms with van der Waals surface area (Å²) in [6, 6.07) is 10.1. The first-order valence-corrected chi connectivity index (χ1v) is 9.31. The number of hydrogen-bond donors (Lipinski definition) is 1. The number of benzene rings is 1. The van der Waals surface area contributed by atoms with Crippen LogP contribution in [0.15, 0.2) is 30.3 Å². The van der Waals surface area contributed by atoms with Crippen LogP contribution in [0.25, 0.3) is 0 Å². The lowest BCUT2D eigenvalue weighted by Crippen LogP contribution is -2.54. The van der Waals surface area contributed by atoms with Crippen molar-refractivity contribution in [3.8, 4) is 0 Å². The number of hydrogen-bond acceptors (Lipinski definition) is 3. The molecule has 5 heteroatoms. The van der Waals surface area contributed by atoms with Crippen molar-refractivity contribution >= 4 is 11.9 Å². The first-order valence-electron chi connectivity index (χ1n) is 9.31. The number of nitrogens with zero attached hydrogens (tertiary/aromatic N) is 2. The molecule has 1 amide bonds. The highest BCUT2D eigenvalue weighted by Crippen LogP contribution is 2.45. The average Bonchev–Trinajstić information content (AvgIpc) is 2.64. The predicted octanol–water partition coefficient (Wildman–Crippen LogP) is 2.58. The van der Waals surface area contributed by atoms with E-state index >= 15 is 0 Å². The molecular formula is C20H28N2O3. The van der Waals surface area contributed by atoms with Crippen LogP contribution in [-0.2, 0) is 9.59 Å². The van der Waals surface area contributed by atoms with Gasteiger partial charge in [-0.3, -0.25) is 9.59 Å². The Bertz CT molecular complexity index is 609. The zero-order chi connectivity index (χ0) is 17.9. The molecule has 2 aliphatic heterocycles. The number of likely N-dealkylation sites (tertiary alicyclic amines) is 2. The lowest BCUT2D eigenvalue weighted by atomic mass is 9.67. The molecule has 1 spiro atoms. The van der Waals surface area contributed by atoms with Gasteiger partial charge in [-0.15, -0.1) is 0 Å². The van der Waals surface area contributed by atoms with Gasteiger partial charge in [0.1, 0.15) is 0 Å². The van der Waals surface area contributed by atoms with E-state index in [-0.39, 0.29) is 23.7 Å². The van der Waals surface area contributed by atoms with Gasteiger partial charge in [0.25, 0.3) is 0 Å². The fourth-order valence-corrected chi connectivity index (χ4v) is 4.37. The predicted molar refractivity (Wildman–Crippen MR) is 96.4 cm³/mol. The second kappa shape index (κ2) is 7.56. The number of carbonyl (C=O) groups excluding carboxylic acids is 1.